The first-order valence-electron chi connectivity index (χ1n) is 8.99. The Morgan fingerprint density at radius 3 is 2.48 bits per heavy atom. The predicted molar refractivity (Wildman–Crippen MR) is 118 cm³/mol. The zero-order valence-electron chi connectivity index (χ0n) is 15.6. The number of hydrogen-bond acceptors (Lipinski definition) is 6. The quantitative estimate of drug-likeness (QED) is 0.601. The molecule has 0 aliphatic carbocycles. The Kier molecular flexibility index (Phi) is 5.71. The molecular formula is C19H19BrN4O3S2. The van der Waals surface area contributed by atoms with Gasteiger partial charge in [-0.3, -0.25) is 10.1 Å². The fourth-order valence-electron chi connectivity index (χ4n) is 3.07. The molecule has 29 heavy (non-hydrogen) atoms. The number of anilines is 1. The van der Waals surface area contributed by atoms with Gasteiger partial charge in [0.15, 0.2) is 5.13 Å². The van der Waals surface area contributed by atoms with Crippen LogP contribution < -0.4 is 5.32 Å². The van der Waals surface area contributed by atoms with E-state index in [1.807, 2.05) is 7.05 Å². The molecule has 3 aromatic rings. The molecule has 7 nitrogen and oxygen atoms in total. The molecule has 0 saturated carbocycles. The van der Waals surface area contributed by atoms with E-state index in [4.69, 9.17) is 0 Å². The highest BCUT2D eigenvalue weighted by molar-refractivity contribution is 9.10. The Morgan fingerprint density at radius 1 is 1.10 bits per heavy atom. The number of amides is 1. The number of aromatic nitrogens is 1. The minimum Gasteiger partial charge on any atom is -0.304 e. The predicted octanol–water partition coefficient (Wildman–Crippen LogP) is 3.25. The Labute approximate surface area is 181 Å². The number of hydrogen-bond donors (Lipinski definition) is 1. The standard InChI is InChI=1S/C19H19BrN4O3S2/c1-23-8-10-24(11-9-23)29(26,27)15-6-7-16-17(12-15)28-19(21-16)22-18(25)13-2-4-14(20)5-3-13/h2-7,12H,8-11H2,1H3,(H,21,22,25). The highest BCUT2D eigenvalue weighted by Crippen LogP contribution is 2.30. The van der Waals surface area contributed by atoms with Gasteiger partial charge >= 0.3 is 0 Å². The number of likely N-dealkylation sites (N-methyl/N-ethyl adjacent to an activating group) is 1. The third-order valence-corrected chi connectivity index (χ3v) is 8.14. The molecule has 2 heterocycles. The van der Waals surface area contributed by atoms with Crippen molar-refractivity contribution in [2.75, 3.05) is 38.5 Å². The SMILES string of the molecule is CN1CCN(S(=O)(=O)c2ccc3nc(NC(=O)c4ccc(Br)cc4)sc3c2)CC1. The van der Waals surface area contributed by atoms with Gasteiger partial charge in [-0.1, -0.05) is 27.3 Å². The van der Waals surface area contributed by atoms with Crippen LogP contribution in [0.5, 0.6) is 0 Å². The molecule has 2 aromatic carbocycles. The number of piperazine rings is 1. The first kappa shape index (κ1) is 20.4. The summed E-state index contributed by atoms with van der Waals surface area (Å²) < 4.78 is 29.0. The lowest BCUT2D eigenvalue weighted by atomic mass is 10.2. The summed E-state index contributed by atoms with van der Waals surface area (Å²) in [6, 6.07) is 11.9. The van der Waals surface area contributed by atoms with Gasteiger partial charge in [0, 0.05) is 36.2 Å². The summed E-state index contributed by atoms with van der Waals surface area (Å²) in [7, 11) is -1.56. The molecule has 0 spiro atoms. The second-order valence-corrected chi connectivity index (χ2v) is 10.7. The normalized spacial score (nSPS) is 16.2. The van der Waals surface area contributed by atoms with E-state index in [1.54, 1.807) is 42.5 Å². The van der Waals surface area contributed by atoms with E-state index in [0.29, 0.717) is 47.1 Å². The Hall–Kier alpha value is -1.85. The van der Waals surface area contributed by atoms with Crippen LogP contribution in [0.1, 0.15) is 10.4 Å². The van der Waals surface area contributed by atoms with Crippen molar-refractivity contribution in [1.29, 1.82) is 0 Å². The van der Waals surface area contributed by atoms with Crippen LogP contribution in [0.4, 0.5) is 5.13 Å². The smallest absolute Gasteiger partial charge is 0.257 e. The first-order valence-corrected chi connectivity index (χ1v) is 12.0. The van der Waals surface area contributed by atoms with Gasteiger partial charge in [0.2, 0.25) is 10.0 Å². The molecule has 1 aliphatic rings. The van der Waals surface area contributed by atoms with Crippen molar-refractivity contribution in [3.05, 3.63) is 52.5 Å². The highest BCUT2D eigenvalue weighted by atomic mass is 79.9. The van der Waals surface area contributed by atoms with Crippen LogP contribution in [-0.4, -0.2) is 61.7 Å². The summed E-state index contributed by atoms with van der Waals surface area (Å²) in [5, 5.41) is 3.21. The largest absolute Gasteiger partial charge is 0.304 e. The number of halogens is 1. The second-order valence-electron chi connectivity index (χ2n) is 6.82. The number of rotatable bonds is 4. The number of sulfonamides is 1. The van der Waals surface area contributed by atoms with E-state index in [9.17, 15) is 13.2 Å². The fourth-order valence-corrected chi connectivity index (χ4v) is 5.75. The molecule has 1 aromatic heterocycles. The van der Waals surface area contributed by atoms with Crippen LogP contribution in [0, 0.1) is 0 Å². The molecule has 4 rings (SSSR count). The summed E-state index contributed by atoms with van der Waals surface area (Å²) in [5.74, 6) is -0.262. The van der Waals surface area contributed by atoms with Crippen LogP contribution in [0.15, 0.2) is 51.8 Å². The number of benzene rings is 2. The van der Waals surface area contributed by atoms with Crippen LogP contribution in [0.3, 0.4) is 0 Å². The van der Waals surface area contributed by atoms with Crippen molar-refractivity contribution in [3.63, 3.8) is 0 Å². The summed E-state index contributed by atoms with van der Waals surface area (Å²) in [4.78, 5) is 19.2. The molecule has 10 heteroatoms. The summed E-state index contributed by atoms with van der Waals surface area (Å²) in [6.45, 7) is 2.39. The minimum atomic E-state index is -3.54. The third-order valence-electron chi connectivity index (χ3n) is 4.79. The number of thiazole rings is 1. The minimum absolute atomic E-state index is 0.254. The molecule has 1 fully saturated rings. The van der Waals surface area contributed by atoms with Crippen LogP contribution in [0.2, 0.25) is 0 Å². The molecule has 152 valence electrons. The van der Waals surface area contributed by atoms with Crippen molar-refractivity contribution in [1.82, 2.24) is 14.2 Å². The number of fused-ring (bicyclic) bond motifs is 1. The molecular weight excluding hydrogens is 476 g/mol. The van der Waals surface area contributed by atoms with Crippen molar-refractivity contribution >= 4 is 58.5 Å². The van der Waals surface area contributed by atoms with Crippen molar-refractivity contribution in [2.45, 2.75) is 4.90 Å². The van der Waals surface area contributed by atoms with E-state index in [-0.39, 0.29) is 10.8 Å². The molecule has 0 unspecified atom stereocenters. The number of carbonyl (C=O) groups excluding carboxylic acids is 1. The van der Waals surface area contributed by atoms with Gasteiger partial charge < -0.3 is 4.90 Å². The van der Waals surface area contributed by atoms with E-state index in [0.717, 1.165) is 4.47 Å². The van der Waals surface area contributed by atoms with Gasteiger partial charge in [0.1, 0.15) is 0 Å². The van der Waals surface area contributed by atoms with Crippen LogP contribution >= 0.6 is 27.3 Å². The van der Waals surface area contributed by atoms with Gasteiger partial charge in [-0.05, 0) is 49.5 Å². The van der Waals surface area contributed by atoms with Crippen molar-refractivity contribution < 1.29 is 13.2 Å². The summed E-state index contributed by atoms with van der Waals surface area (Å²) in [6.07, 6.45) is 0. The number of nitrogens with zero attached hydrogens (tertiary/aromatic N) is 3. The molecule has 0 radical (unpaired) electrons. The molecule has 1 saturated heterocycles. The maximum absolute atomic E-state index is 13.0. The second kappa shape index (κ2) is 8.11. The Balaban J connectivity index is 1.56. The lowest BCUT2D eigenvalue weighted by Gasteiger charge is -2.31. The summed E-state index contributed by atoms with van der Waals surface area (Å²) >= 11 is 4.60. The average molecular weight is 495 g/mol. The lowest BCUT2D eigenvalue weighted by Crippen LogP contribution is -2.46. The molecule has 1 amide bonds. The van der Waals surface area contributed by atoms with Crippen molar-refractivity contribution in [3.8, 4) is 0 Å². The van der Waals surface area contributed by atoms with Gasteiger partial charge in [-0.2, -0.15) is 4.31 Å². The Bertz CT molecular complexity index is 1150. The maximum Gasteiger partial charge on any atom is 0.257 e. The number of nitrogens with one attached hydrogen (secondary N) is 1. The maximum atomic E-state index is 13.0. The average Bonchev–Trinajstić information content (AvgIpc) is 3.10. The Morgan fingerprint density at radius 2 is 1.79 bits per heavy atom. The zero-order valence-corrected chi connectivity index (χ0v) is 18.8. The van der Waals surface area contributed by atoms with E-state index >= 15 is 0 Å². The molecule has 1 aliphatic heterocycles. The molecule has 1 N–H and O–H groups in total. The zero-order chi connectivity index (χ0) is 20.6. The molecule has 0 bridgehead atoms. The topological polar surface area (TPSA) is 82.6 Å². The highest BCUT2D eigenvalue weighted by Gasteiger charge is 2.27. The molecule has 0 atom stereocenters. The van der Waals surface area contributed by atoms with E-state index in [2.05, 4.69) is 31.1 Å². The lowest BCUT2D eigenvalue weighted by molar-refractivity contribution is 0.102. The summed E-state index contributed by atoms with van der Waals surface area (Å²) in [5.41, 5.74) is 1.17. The van der Waals surface area contributed by atoms with Gasteiger partial charge in [-0.15, -0.1) is 0 Å². The first-order chi connectivity index (χ1) is 13.8. The number of carbonyl (C=O) groups is 1. The third kappa shape index (κ3) is 4.36. The van der Waals surface area contributed by atoms with E-state index < -0.39 is 10.0 Å². The van der Waals surface area contributed by atoms with Gasteiger partial charge in [-0.25, -0.2) is 13.4 Å². The van der Waals surface area contributed by atoms with Crippen LogP contribution in [-0.2, 0) is 10.0 Å². The fraction of sp³-hybridized carbons (Fsp3) is 0.263. The van der Waals surface area contributed by atoms with Gasteiger partial charge in [0.05, 0.1) is 15.1 Å². The van der Waals surface area contributed by atoms with Crippen LogP contribution in [0.25, 0.3) is 10.2 Å². The van der Waals surface area contributed by atoms with E-state index in [1.165, 1.54) is 15.6 Å². The monoisotopic (exact) mass is 494 g/mol. The van der Waals surface area contributed by atoms with Crippen molar-refractivity contribution in [2.24, 2.45) is 0 Å². The van der Waals surface area contributed by atoms with Gasteiger partial charge in [0.25, 0.3) is 5.91 Å².